The first kappa shape index (κ1) is 19.9. The maximum absolute atomic E-state index is 12.5. The minimum atomic E-state index is 0.0917. The highest BCUT2D eigenvalue weighted by atomic mass is 32.2. The van der Waals surface area contributed by atoms with Crippen molar-refractivity contribution in [2.24, 2.45) is 0 Å². The lowest BCUT2D eigenvalue weighted by Crippen LogP contribution is -2.36. The number of carbonyl (C=O) groups is 1. The first-order valence-corrected chi connectivity index (χ1v) is 11.8. The Balaban J connectivity index is 1.32. The molecule has 3 aromatic rings. The lowest BCUT2D eigenvalue weighted by atomic mass is 9.97. The van der Waals surface area contributed by atoms with Gasteiger partial charge < -0.3 is 4.90 Å². The van der Waals surface area contributed by atoms with Crippen LogP contribution in [-0.4, -0.2) is 40.1 Å². The predicted octanol–water partition coefficient (Wildman–Crippen LogP) is 5.35. The molecule has 1 aromatic carbocycles. The summed E-state index contributed by atoms with van der Waals surface area (Å²) in [6.45, 7) is 1.56. The molecule has 0 radical (unpaired) electrons. The Kier molecular flexibility index (Phi) is 6.42. The number of aromatic nitrogens is 2. The van der Waals surface area contributed by atoms with Gasteiger partial charge >= 0.3 is 0 Å². The summed E-state index contributed by atoms with van der Waals surface area (Å²) in [7, 11) is 0. The zero-order valence-corrected chi connectivity index (χ0v) is 18.0. The normalized spacial score (nSPS) is 15.1. The Morgan fingerprint density at radius 2 is 1.86 bits per heavy atom. The molecule has 0 spiro atoms. The van der Waals surface area contributed by atoms with Crippen LogP contribution in [0.2, 0.25) is 0 Å². The van der Waals surface area contributed by atoms with Crippen LogP contribution >= 0.6 is 23.1 Å². The average Bonchev–Trinajstić information content (AvgIpc) is 3.29. The zero-order chi connectivity index (χ0) is 20.1. The second kappa shape index (κ2) is 9.37. The molecule has 1 saturated heterocycles. The average molecular weight is 422 g/mol. The number of likely N-dealkylation sites (tertiary alicyclic amines) is 1. The number of thioether (sulfide) groups is 1. The highest BCUT2D eigenvalue weighted by Gasteiger charge is 2.24. The maximum Gasteiger partial charge on any atom is 0.246 e. The summed E-state index contributed by atoms with van der Waals surface area (Å²) in [5, 5.41) is 3.29. The van der Waals surface area contributed by atoms with Gasteiger partial charge in [0.1, 0.15) is 0 Å². The second-order valence-electron chi connectivity index (χ2n) is 7.01. The van der Waals surface area contributed by atoms with Crippen molar-refractivity contribution in [3.63, 3.8) is 0 Å². The molecule has 1 amide bonds. The van der Waals surface area contributed by atoms with Gasteiger partial charge in [-0.05, 0) is 55.0 Å². The van der Waals surface area contributed by atoms with Gasteiger partial charge in [0, 0.05) is 53.3 Å². The Hall–Kier alpha value is -2.44. The summed E-state index contributed by atoms with van der Waals surface area (Å²) in [5.74, 6) is 0.525. The first-order valence-electron chi connectivity index (χ1n) is 9.70. The highest BCUT2D eigenvalue weighted by molar-refractivity contribution is 7.98. The molecule has 0 atom stereocenters. The van der Waals surface area contributed by atoms with Crippen LogP contribution in [0.1, 0.15) is 29.3 Å². The molecule has 1 aliphatic heterocycles. The summed E-state index contributed by atoms with van der Waals surface area (Å²) in [4.78, 5) is 24.6. The molecular formula is C23H23N3OS2. The fourth-order valence-corrected chi connectivity index (χ4v) is 4.87. The predicted molar refractivity (Wildman–Crippen MR) is 121 cm³/mol. The van der Waals surface area contributed by atoms with Crippen LogP contribution < -0.4 is 0 Å². The first-order chi connectivity index (χ1) is 14.2. The highest BCUT2D eigenvalue weighted by Crippen LogP contribution is 2.32. The molecule has 6 heteroatoms. The minimum absolute atomic E-state index is 0.0917. The third-order valence-electron chi connectivity index (χ3n) is 5.19. The van der Waals surface area contributed by atoms with E-state index in [1.54, 1.807) is 41.6 Å². The van der Waals surface area contributed by atoms with Crippen LogP contribution in [0.5, 0.6) is 0 Å². The van der Waals surface area contributed by atoms with Gasteiger partial charge in [0.25, 0.3) is 0 Å². The largest absolute Gasteiger partial charge is 0.339 e. The van der Waals surface area contributed by atoms with E-state index < -0.39 is 0 Å². The molecule has 1 fully saturated rings. The van der Waals surface area contributed by atoms with Gasteiger partial charge in [0.15, 0.2) is 0 Å². The monoisotopic (exact) mass is 421 g/mol. The van der Waals surface area contributed by atoms with Crippen molar-refractivity contribution in [2.75, 3.05) is 19.3 Å². The molecule has 3 heterocycles. The molecular weight excluding hydrogens is 398 g/mol. The van der Waals surface area contributed by atoms with Crippen LogP contribution in [0.4, 0.5) is 0 Å². The van der Waals surface area contributed by atoms with E-state index in [2.05, 4.69) is 28.8 Å². The number of amides is 1. The standard InChI is InChI=1S/C23H23N3OS2/c1-28-20-5-2-17(3-6-20)4-7-22(27)26-14-10-19(11-15-26)23-25-21(16-29-23)18-8-12-24-13-9-18/h2-9,12-13,16,19H,10-11,14-15H2,1H3/b7-4+. The van der Waals surface area contributed by atoms with Gasteiger partial charge in [-0.1, -0.05) is 12.1 Å². The topological polar surface area (TPSA) is 46.1 Å². The lowest BCUT2D eigenvalue weighted by molar-refractivity contribution is -0.126. The van der Waals surface area contributed by atoms with Crippen molar-refractivity contribution in [2.45, 2.75) is 23.7 Å². The molecule has 0 bridgehead atoms. The van der Waals surface area contributed by atoms with Crippen LogP contribution in [0.3, 0.4) is 0 Å². The molecule has 148 valence electrons. The van der Waals surface area contributed by atoms with E-state index in [1.807, 2.05) is 35.2 Å². The summed E-state index contributed by atoms with van der Waals surface area (Å²) in [6.07, 6.45) is 11.2. The van der Waals surface area contributed by atoms with Gasteiger partial charge in [-0.25, -0.2) is 4.98 Å². The molecule has 0 saturated carbocycles. The number of rotatable bonds is 5. The molecule has 0 N–H and O–H groups in total. The van der Waals surface area contributed by atoms with Gasteiger partial charge in [0.2, 0.25) is 5.91 Å². The molecule has 4 nitrogen and oxygen atoms in total. The third-order valence-corrected chi connectivity index (χ3v) is 6.94. The van der Waals surface area contributed by atoms with Crippen LogP contribution in [-0.2, 0) is 4.79 Å². The van der Waals surface area contributed by atoms with Crippen LogP contribution in [0.25, 0.3) is 17.3 Å². The van der Waals surface area contributed by atoms with E-state index in [0.717, 1.165) is 42.8 Å². The maximum atomic E-state index is 12.5. The van der Waals surface area contributed by atoms with E-state index >= 15 is 0 Å². The van der Waals surface area contributed by atoms with Crippen molar-refractivity contribution in [1.82, 2.24) is 14.9 Å². The van der Waals surface area contributed by atoms with Crippen molar-refractivity contribution in [1.29, 1.82) is 0 Å². The van der Waals surface area contributed by atoms with E-state index in [-0.39, 0.29) is 5.91 Å². The molecule has 0 aliphatic carbocycles. The number of carbonyl (C=O) groups excluding carboxylic acids is 1. The number of pyridine rings is 1. The van der Waals surface area contributed by atoms with E-state index in [4.69, 9.17) is 4.98 Å². The number of piperidine rings is 1. The summed E-state index contributed by atoms with van der Waals surface area (Å²) < 4.78 is 0. The molecule has 0 unspecified atom stereocenters. The van der Waals surface area contributed by atoms with Crippen LogP contribution in [0, 0.1) is 0 Å². The zero-order valence-electron chi connectivity index (χ0n) is 16.3. The molecule has 1 aliphatic rings. The number of hydrogen-bond acceptors (Lipinski definition) is 5. The third kappa shape index (κ3) is 4.95. The van der Waals surface area contributed by atoms with Gasteiger partial charge in [-0.2, -0.15) is 0 Å². The Labute approximate surface area is 179 Å². The summed E-state index contributed by atoms with van der Waals surface area (Å²) in [5.41, 5.74) is 3.17. The van der Waals surface area contributed by atoms with Gasteiger partial charge in [0.05, 0.1) is 10.7 Å². The van der Waals surface area contributed by atoms with Crippen molar-refractivity contribution >= 4 is 35.1 Å². The number of hydrogen-bond donors (Lipinski definition) is 0. The number of nitrogens with zero attached hydrogens (tertiary/aromatic N) is 3. The Morgan fingerprint density at radius 1 is 1.14 bits per heavy atom. The fraction of sp³-hybridized carbons (Fsp3) is 0.261. The number of benzene rings is 1. The Morgan fingerprint density at radius 3 is 2.55 bits per heavy atom. The lowest BCUT2D eigenvalue weighted by Gasteiger charge is -2.30. The minimum Gasteiger partial charge on any atom is -0.339 e. The molecule has 2 aromatic heterocycles. The molecule has 4 rings (SSSR count). The summed E-state index contributed by atoms with van der Waals surface area (Å²) >= 11 is 3.44. The quantitative estimate of drug-likeness (QED) is 0.412. The van der Waals surface area contributed by atoms with Crippen molar-refractivity contribution < 1.29 is 4.79 Å². The smallest absolute Gasteiger partial charge is 0.246 e. The molecule has 29 heavy (non-hydrogen) atoms. The van der Waals surface area contributed by atoms with Crippen molar-refractivity contribution in [3.05, 3.63) is 70.8 Å². The number of thiazole rings is 1. The SMILES string of the molecule is CSc1ccc(/C=C/C(=O)N2CCC(c3nc(-c4ccncc4)cs3)CC2)cc1. The van der Waals surface area contributed by atoms with Crippen molar-refractivity contribution in [3.8, 4) is 11.3 Å². The summed E-state index contributed by atoms with van der Waals surface area (Å²) in [6, 6.07) is 12.2. The van der Waals surface area contributed by atoms with E-state index in [0.29, 0.717) is 5.92 Å². The van der Waals surface area contributed by atoms with E-state index in [9.17, 15) is 4.79 Å². The van der Waals surface area contributed by atoms with E-state index in [1.165, 1.54) is 9.90 Å². The van der Waals surface area contributed by atoms with Crippen LogP contribution in [0.15, 0.2) is 65.1 Å². The fourth-order valence-electron chi connectivity index (χ4n) is 3.47. The Bertz CT molecular complexity index is 975. The second-order valence-corrected chi connectivity index (χ2v) is 8.78. The van der Waals surface area contributed by atoms with Gasteiger partial charge in [-0.3, -0.25) is 9.78 Å². The van der Waals surface area contributed by atoms with Gasteiger partial charge in [-0.15, -0.1) is 23.1 Å².